The van der Waals surface area contributed by atoms with Crippen LogP contribution in [-0.4, -0.2) is 57.5 Å². The Morgan fingerprint density at radius 1 is 1.52 bits per heavy atom. The van der Waals surface area contributed by atoms with Gasteiger partial charge in [0.15, 0.2) is 5.69 Å². The Balaban J connectivity index is 2.06. The molecule has 2 rings (SSSR count). The lowest BCUT2D eigenvalue weighted by atomic mass is 10.3. The average Bonchev–Trinajstić information content (AvgIpc) is 3.03. The van der Waals surface area contributed by atoms with Crippen LogP contribution < -0.4 is 5.32 Å². The predicted octanol–water partition coefficient (Wildman–Crippen LogP) is -0.519. The molecule has 2 heterocycles. The van der Waals surface area contributed by atoms with Gasteiger partial charge in [-0.3, -0.25) is 9.69 Å². The molecule has 112 valence electrons. The molecule has 0 aromatic carbocycles. The standard InChI is InChI=1S/C12H15N5O4/c1-3-6-21-11(19)10-8(2)17(15-14-10)7-9(18)16-5-4-13-12(16)20/h3H,1,4-7H2,2H3,(H,13,20). The van der Waals surface area contributed by atoms with Crippen LogP contribution in [-0.2, 0) is 16.1 Å². The van der Waals surface area contributed by atoms with Gasteiger partial charge in [0.2, 0.25) is 0 Å². The van der Waals surface area contributed by atoms with E-state index in [1.165, 1.54) is 10.8 Å². The number of esters is 1. The van der Waals surface area contributed by atoms with Gasteiger partial charge in [-0.25, -0.2) is 14.3 Å². The monoisotopic (exact) mass is 293 g/mol. The third-order valence-electron chi connectivity index (χ3n) is 2.95. The number of amides is 3. The van der Waals surface area contributed by atoms with Crippen LogP contribution in [0.4, 0.5) is 4.79 Å². The second-order valence-corrected chi connectivity index (χ2v) is 4.35. The maximum absolute atomic E-state index is 12.0. The number of urea groups is 1. The molecule has 0 spiro atoms. The Labute approximate surface area is 120 Å². The number of hydrogen-bond acceptors (Lipinski definition) is 6. The summed E-state index contributed by atoms with van der Waals surface area (Å²) in [6.45, 7) is 5.69. The summed E-state index contributed by atoms with van der Waals surface area (Å²) in [4.78, 5) is 36.1. The Hall–Kier alpha value is -2.71. The number of carbonyl (C=O) groups is 3. The molecule has 1 aromatic rings. The second kappa shape index (κ2) is 6.16. The van der Waals surface area contributed by atoms with Crippen LogP contribution in [0.2, 0.25) is 0 Å². The third kappa shape index (κ3) is 3.07. The highest BCUT2D eigenvalue weighted by atomic mass is 16.5. The number of rotatable bonds is 5. The first-order valence-corrected chi connectivity index (χ1v) is 6.31. The number of nitrogens with one attached hydrogen (secondary N) is 1. The van der Waals surface area contributed by atoms with Crippen molar-refractivity contribution < 1.29 is 19.1 Å². The topological polar surface area (TPSA) is 106 Å². The van der Waals surface area contributed by atoms with E-state index in [0.29, 0.717) is 18.8 Å². The minimum absolute atomic E-state index is 0.0375. The molecule has 1 aliphatic heterocycles. The highest BCUT2D eigenvalue weighted by molar-refractivity contribution is 5.95. The lowest BCUT2D eigenvalue weighted by molar-refractivity contribution is -0.128. The highest BCUT2D eigenvalue weighted by Crippen LogP contribution is 2.07. The van der Waals surface area contributed by atoms with Gasteiger partial charge in [0.25, 0.3) is 5.91 Å². The van der Waals surface area contributed by atoms with E-state index in [2.05, 4.69) is 22.2 Å². The van der Waals surface area contributed by atoms with Crippen molar-refractivity contribution in [3.8, 4) is 0 Å². The summed E-state index contributed by atoms with van der Waals surface area (Å²) in [5.41, 5.74) is 0.438. The summed E-state index contributed by atoms with van der Waals surface area (Å²) in [6.07, 6.45) is 1.44. The van der Waals surface area contributed by atoms with Gasteiger partial charge < -0.3 is 10.1 Å². The molecule has 1 N–H and O–H groups in total. The largest absolute Gasteiger partial charge is 0.457 e. The number of ether oxygens (including phenoxy) is 1. The first-order valence-electron chi connectivity index (χ1n) is 6.31. The van der Waals surface area contributed by atoms with Gasteiger partial charge in [-0.15, -0.1) is 5.10 Å². The number of imide groups is 1. The zero-order valence-electron chi connectivity index (χ0n) is 11.5. The molecule has 3 amide bonds. The van der Waals surface area contributed by atoms with Crippen LogP contribution >= 0.6 is 0 Å². The van der Waals surface area contributed by atoms with Crippen molar-refractivity contribution in [1.29, 1.82) is 0 Å². The fraction of sp³-hybridized carbons (Fsp3) is 0.417. The number of carbonyl (C=O) groups excluding carboxylic acids is 3. The molecule has 0 aliphatic carbocycles. The highest BCUT2D eigenvalue weighted by Gasteiger charge is 2.27. The molecule has 9 heteroatoms. The minimum Gasteiger partial charge on any atom is -0.457 e. The van der Waals surface area contributed by atoms with Gasteiger partial charge in [0, 0.05) is 13.1 Å². The summed E-state index contributed by atoms with van der Waals surface area (Å²) in [5, 5.41) is 9.98. The Bertz CT molecular complexity index is 594. The fourth-order valence-corrected chi connectivity index (χ4v) is 1.83. The van der Waals surface area contributed by atoms with Gasteiger partial charge in [-0.1, -0.05) is 17.9 Å². The Morgan fingerprint density at radius 3 is 2.90 bits per heavy atom. The Kier molecular flexibility index (Phi) is 4.31. The summed E-state index contributed by atoms with van der Waals surface area (Å²) in [6, 6.07) is -0.427. The predicted molar refractivity (Wildman–Crippen MR) is 70.4 cm³/mol. The molecule has 0 radical (unpaired) electrons. The van der Waals surface area contributed by atoms with Crippen LogP contribution in [0.25, 0.3) is 0 Å². The van der Waals surface area contributed by atoms with E-state index >= 15 is 0 Å². The summed E-state index contributed by atoms with van der Waals surface area (Å²) in [5.74, 6) is -1.05. The summed E-state index contributed by atoms with van der Waals surface area (Å²) < 4.78 is 6.12. The van der Waals surface area contributed by atoms with E-state index in [-0.39, 0.29) is 18.8 Å². The number of nitrogens with zero attached hydrogens (tertiary/aromatic N) is 4. The van der Waals surface area contributed by atoms with Crippen LogP contribution in [0, 0.1) is 6.92 Å². The van der Waals surface area contributed by atoms with Gasteiger partial charge >= 0.3 is 12.0 Å². The molecule has 9 nitrogen and oxygen atoms in total. The number of hydrogen-bond donors (Lipinski definition) is 1. The molecule has 0 bridgehead atoms. The molecule has 1 saturated heterocycles. The average molecular weight is 293 g/mol. The van der Waals surface area contributed by atoms with Gasteiger partial charge in [0.05, 0.1) is 5.69 Å². The van der Waals surface area contributed by atoms with Crippen molar-refractivity contribution in [2.24, 2.45) is 0 Å². The molecule has 0 atom stereocenters. The normalized spacial score (nSPS) is 14.0. The third-order valence-corrected chi connectivity index (χ3v) is 2.95. The van der Waals surface area contributed by atoms with E-state index in [9.17, 15) is 14.4 Å². The maximum atomic E-state index is 12.0. The molecule has 0 saturated carbocycles. The molecular formula is C12H15N5O4. The van der Waals surface area contributed by atoms with E-state index < -0.39 is 17.9 Å². The lowest BCUT2D eigenvalue weighted by Gasteiger charge is -2.12. The first-order chi connectivity index (χ1) is 10.0. The SMILES string of the molecule is C=CCOC(=O)c1nnn(CC(=O)N2CCNC2=O)c1C. The van der Waals surface area contributed by atoms with Crippen LogP contribution in [0.1, 0.15) is 16.2 Å². The van der Waals surface area contributed by atoms with Crippen molar-refractivity contribution in [3.05, 3.63) is 24.0 Å². The number of aromatic nitrogens is 3. The van der Waals surface area contributed by atoms with Crippen LogP contribution in [0.3, 0.4) is 0 Å². The smallest absolute Gasteiger partial charge is 0.361 e. The van der Waals surface area contributed by atoms with E-state index in [1.807, 2.05) is 0 Å². The van der Waals surface area contributed by atoms with E-state index in [1.54, 1.807) is 6.92 Å². The zero-order valence-corrected chi connectivity index (χ0v) is 11.5. The van der Waals surface area contributed by atoms with Crippen molar-refractivity contribution >= 4 is 17.9 Å². The molecule has 21 heavy (non-hydrogen) atoms. The summed E-state index contributed by atoms with van der Waals surface area (Å²) >= 11 is 0. The second-order valence-electron chi connectivity index (χ2n) is 4.35. The van der Waals surface area contributed by atoms with Crippen molar-refractivity contribution in [3.63, 3.8) is 0 Å². The van der Waals surface area contributed by atoms with Crippen molar-refractivity contribution in [2.75, 3.05) is 19.7 Å². The summed E-state index contributed by atoms with van der Waals surface area (Å²) in [7, 11) is 0. The molecule has 1 aliphatic rings. The van der Waals surface area contributed by atoms with Gasteiger partial charge in [-0.05, 0) is 6.92 Å². The quantitative estimate of drug-likeness (QED) is 0.578. The minimum atomic E-state index is -0.634. The molecule has 1 fully saturated rings. The molecule has 1 aromatic heterocycles. The zero-order chi connectivity index (χ0) is 15.4. The van der Waals surface area contributed by atoms with Crippen LogP contribution in [0.5, 0.6) is 0 Å². The molecule has 0 unspecified atom stereocenters. The fourth-order valence-electron chi connectivity index (χ4n) is 1.83. The van der Waals surface area contributed by atoms with Crippen molar-refractivity contribution in [1.82, 2.24) is 25.2 Å². The van der Waals surface area contributed by atoms with Gasteiger partial charge in [-0.2, -0.15) is 0 Å². The molecular weight excluding hydrogens is 278 g/mol. The Morgan fingerprint density at radius 2 is 2.29 bits per heavy atom. The first kappa shape index (κ1) is 14.7. The lowest BCUT2D eigenvalue weighted by Crippen LogP contribution is -2.37. The van der Waals surface area contributed by atoms with E-state index in [4.69, 9.17) is 4.74 Å². The van der Waals surface area contributed by atoms with Crippen LogP contribution in [0.15, 0.2) is 12.7 Å². The van der Waals surface area contributed by atoms with Gasteiger partial charge in [0.1, 0.15) is 13.2 Å². The maximum Gasteiger partial charge on any atom is 0.361 e. The van der Waals surface area contributed by atoms with Crippen molar-refractivity contribution in [2.45, 2.75) is 13.5 Å². The van der Waals surface area contributed by atoms with E-state index in [0.717, 1.165) is 4.90 Å².